The highest BCUT2D eigenvalue weighted by molar-refractivity contribution is 5.97. The Morgan fingerprint density at radius 3 is 2.17 bits per heavy atom. The molecule has 0 aliphatic heterocycles. The van der Waals surface area contributed by atoms with E-state index in [4.69, 9.17) is 14.2 Å². The van der Waals surface area contributed by atoms with Gasteiger partial charge in [0.1, 0.15) is 5.75 Å². The molecule has 5 nitrogen and oxygen atoms in total. The van der Waals surface area contributed by atoms with Gasteiger partial charge in [0, 0.05) is 18.7 Å². The largest absolute Gasteiger partial charge is 0.496 e. The van der Waals surface area contributed by atoms with Crippen LogP contribution in [-0.2, 0) is 0 Å². The second-order valence-electron chi connectivity index (χ2n) is 5.53. The van der Waals surface area contributed by atoms with Crippen molar-refractivity contribution in [2.45, 2.75) is 39.5 Å². The monoisotopic (exact) mass is 323 g/mol. The second-order valence-corrected chi connectivity index (χ2v) is 5.53. The summed E-state index contributed by atoms with van der Waals surface area (Å²) in [7, 11) is 4.63. The van der Waals surface area contributed by atoms with Crippen LogP contribution >= 0.6 is 0 Å². The molecule has 0 bridgehead atoms. The Labute approximate surface area is 139 Å². The van der Waals surface area contributed by atoms with Crippen LogP contribution in [0.3, 0.4) is 0 Å². The summed E-state index contributed by atoms with van der Waals surface area (Å²) in [5, 5.41) is 3.01. The van der Waals surface area contributed by atoms with Gasteiger partial charge in [-0.3, -0.25) is 4.79 Å². The van der Waals surface area contributed by atoms with Gasteiger partial charge in [0.2, 0.25) is 0 Å². The minimum absolute atomic E-state index is 0.155. The highest BCUT2D eigenvalue weighted by Gasteiger charge is 2.18. The molecule has 0 fully saturated rings. The standard InChI is InChI=1S/C18H29NO4/c1-6-8-9-13(7-2)12-19-18(20)14-10-16(22-4)17(23-5)11-15(14)21-3/h10-11,13H,6-9,12H2,1-5H3,(H,19,20)/t13-/m1/s1. The zero-order chi connectivity index (χ0) is 17.2. The van der Waals surface area contributed by atoms with Gasteiger partial charge in [-0.05, 0) is 12.3 Å². The number of benzene rings is 1. The van der Waals surface area contributed by atoms with Gasteiger partial charge >= 0.3 is 0 Å². The van der Waals surface area contributed by atoms with Crippen molar-refractivity contribution in [3.8, 4) is 17.2 Å². The van der Waals surface area contributed by atoms with Crippen LogP contribution < -0.4 is 19.5 Å². The van der Waals surface area contributed by atoms with Gasteiger partial charge in [0.05, 0.1) is 26.9 Å². The first-order chi connectivity index (χ1) is 11.1. The lowest BCUT2D eigenvalue weighted by atomic mass is 9.99. The fourth-order valence-corrected chi connectivity index (χ4v) is 2.48. The molecule has 5 heteroatoms. The van der Waals surface area contributed by atoms with Crippen molar-refractivity contribution in [3.63, 3.8) is 0 Å². The number of nitrogens with one attached hydrogen (secondary N) is 1. The Kier molecular flexibility index (Phi) is 8.30. The Hall–Kier alpha value is -1.91. The van der Waals surface area contributed by atoms with Crippen LogP contribution in [0.5, 0.6) is 17.2 Å². The summed E-state index contributed by atoms with van der Waals surface area (Å²) in [6.45, 7) is 5.01. The predicted octanol–water partition coefficient (Wildman–Crippen LogP) is 3.66. The van der Waals surface area contributed by atoms with E-state index in [0.717, 1.165) is 12.8 Å². The molecule has 0 aromatic heterocycles. The van der Waals surface area contributed by atoms with E-state index in [2.05, 4.69) is 19.2 Å². The first-order valence-electron chi connectivity index (χ1n) is 8.19. The lowest BCUT2D eigenvalue weighted by molar-refractivity contribution is 0.0942. The molecule has 1 rings (SSSR count). The third-order valence-electron chi connectivity index (χ3n) is 4.04. The molecule has 130 valence electrons. The van der Waals surface area contributed by atoms with Crippen molar-refractivity contribution in [1.29, 1.82) is 0 Å². The molecule has 1 amide bonds. The van der Waals surface area contributed by atoms with Crippen LogP contribution in [-0.4, -0.2) is 33.8 Å². The highest BCUT2D eigenvalue weighted by atomic mass is 16.5. The molecule has 1 N–H and O–H groups in total. The molecule has 0 aliphatic rings. The minimum Gasteiger partial charge on any atom is -0.496 e. The average Bonchev–Trinajstić information content (AvgIpc) is 2.60. The highest BCUT2D eigenvalue weighted by Crippen LogP contribution is 2.34. The number of methoxy groups -OCH3 is 3. The minimum atomic E-state index is -0.155. The van der Waals surface area contributed by atoms with Crippen LogP contribution in [0.1, 0.15) is 49.9 Å². The first-order valence-corrected chi connectivity index (χ1v) is 8.19. The summed E-state index contributed by atoms with van der Waals surface area (Å²) in [6, 6.07) is 3.32. The summed E-state index contributed by atoms with van der Waals surface area (Å²) >= 11 is 0. The predicted molar refractivity (Wildman–Crippen MR) is 91.7 cm³/mol. The molecule has 0 saturated heterocycles. The van der Waals surface area contributed by atoms with Crippen molar-refractivity contribution in [2.75, 3.05) is 27.9 Å². The number of ether oxygens (including phenoxy) is 3. The van der Waals surface area contributed by atoms with Crippen LogP contribution in [0, 0.1) is 5.92 Å². The third kappa shape index (κ3) is 5.34. The zero-order valence-electron chi connectivity index (χ0n) is 14.9. The maximum atomic E-state index is 12.5. The molecule has 1 atom stereocenters. The van der Waals surface area contributed by atoms with E-state index in [-0.39, 0.29) is 5.91 Å². The molecule has 0 radical (unpaired) electrons. The normalized spacial score (nSPS) is 11.7. The van der Waals surface area contributed by atoms with Crippen molar-refractivity contribution in [3.05, 3.63) is 17.7 Å². The fraction of sp³-hybridized carbons (Fsp3) is 0.611. The van der Waals surface area contributed by atoms with Crippen LogP contribution in [0.25, 0.3) is 0 Å². The fourth-order valence-electron chi connectivity index (χ4n) is 2.48. The summed E-state index contributed by atoms with van der Waals surface area (Å²) < 4.78 is 15.8. The molecule has 23 heavy (non-hydrogen) atoms. The van der Waals surface area contributed by atoms with Gasteiger partial charge in [0.15, 0.2) is 11.5 Å². The van der Waals surface area contributed by atoms with E-state index in [0.29, 0.717) is 35.3 Å². The number of unbranched alkanes of at least 4 members (excludes halogenated alkanes) is 1. The van der Waals surface area contributed by atoms with E-state index >= 15 is 0 Å². The van der Waals surface area contributed by atoms with Gasteiger partial charge in [-0.25, -0.2) is 0 Å². The van der Waals surface area contributed by atoms with Gasteiger partial charge in [0.25, 0.3) is 5.91 Å². The molecular formula is C18H29NO4. The Morgan fingerprint density at radius 2 is 1.65 bits per heavy atom. The molecule has 0 unspecified atom stereocenters. The van der Waals surface area contributed by atoms with Crippen molar-refractivity contribution < 1.29 is 19.0 Å². The van der Waals surface area contributed by atoms with E-state index in [9.17, 15) is 4.79 Å². The Balaban J connectivity index is 2.85. The second kappa shape index (κ2) is 9.98. The van der Waals surface area contributed by atoms with E-state index in [1.807, 2.05) is 0 Å². The summed E-state index contributed by atoms with van der Waals surface area (Å²) in [6.07, 6.45) is 4.56. The maximum absolute atomic E-state index is 12.5. The van der Waals surface area contributed by atoms with E-state index in [1.54, 1.807) is 26.4 Å². The Morgan fingerprint density at radius 1 is 1.04 bits per heavy atom. The molecule has 0 aliphatic carbocycles. The molecule has 1 aromatic rings. The maximum Gasteiger partial charge on any atom is 0.255 e. The van der Waals surface area contributed by atoms with Crippen molar-refractivity contribution in [2.24, 2.45) is 5.92 Å². The lowest BCUT2D eigenvalue weighted by Gasteiger charge is -2.17. The average molecular weight is 323 g/mol. The summed E-state index contributed by atoms with van der Waals surface area (Å²) in [4.78, 5) is 12.5. The number of hydrogen-bond acceptors (Lipinski definition) is 4. The quantitative estimate of drug-likeness (QED) is 0.714. The summed E-state index contributed by atoms with van der Waals surface area (Å²) in [5.74, 6) is 1.87. The lowest BCUT2D eigenvalue weighted by Crippen LogP contribution is -2.29. The number of rotatable bonds is 10. The van der Waals surface area contributed by atoms with Crippen LogP contribution in [0.2, 0.25) is 0 Å². The van der Waals surface area contributed by atoms with Gasteiger partial charge in [-0.2, -0.15) is 0 Å². The van der Waals surface area contributed by atoms with Crippen molar-refractivity contribution in [1.82, 2.24) is 5.32 Å². The van der Waals surface area contributed by atoms with Gasteiger partial charge < -0.3 is 19.5 Å². The van der Waals surface area contributed by atoms with Gasteiger partial charge in [-0.1, -0.05) is 33.1 Å². The molecular weight excluding hydrogens is 294 g/mol. The van der Waals surface area contributed by atoms with Crippen LogP contribution in [0.15, 0.2) is 12.1 Å². The number of carbonyl (C=O) groups is 1. The zero-order valence-corrected chi connectivity index (χ0v) is 14.9. The number of carbonyl (C=O) groups excluding carboxylic acids is 1. The molecule has 0 heterocycles. The molecule has 0 saturated carbocycles. The first kappa shape index (κ1) is 19.1. The molecule has 0 spiro atoms. The van der Waals surface area contributed by atoms with E-state index < -0.39 is 0 Å². The third-order valence-corrected chi connectivity index (χ3v) is 4.04. The van der Waals surface area contributed by atoms with E-state index in [1.165, 1.54) is 20.0 Å². The summed E-state index contributed by atoms with van der Waals surface area (Å²) in [5.41, 5.74) is 0.454. The SMILES string of the molecule is CCCC[C@@H](CC)CNC(=O)c1cc(OC)c(OC)cc1OC. The van der Waals surface area contributed by atoms with Crippen LogP contribution in [0.4, 0.5) is 0 Å². The van der Waals surface area contributed by atoms with Gasteiger partial charge in [-0.15, -0.1) is 0 Å². The van der Waals surface area contributed by atoms with Crippen molar-refractivity contribution >= 4 is 5.91 Å². The topological polar surface area (TPSA) is 56.8 Å². The Bertz CT molecular complexity index is 502. The number of amides is 1. The smallest absolute Gasteiger partial charge is 0.255 e. The molecule has 1 aromatic carbocycles. The number of hydrogen-bond donors (Lipinski definition) is 1.